The smallest absolute Gasteiger partial charge is 0.868 e. The molecule has 26 heavy (non-hydrogen) atoms. The normalized spacial score (nSPS) is 11.0. The molecule has 0 saturated carbocycles. The molecule has 0 aliphatic rings. The second kappa shape index (κ2) is 9.48. The summed E-state index contributed by atoms with van der Waals surface area (Å²) in [7, 11) is -9.12. The fraction of sp³-hybridized carbons (Fsp3) is 0. The van der Waals surface area contributed by atoms with Crippen LogP contribution >= 0.6 is 0 Å². The third kappa shape index (κ3) is 6.18. The Bertz CT molecular complexity index is 1030. The zero-order valence-electron chi connectivity index (χ0n) is 13.6. The zero-order chi connectivity index (χ0) is 18.1. The standard InChI is InChI=1S/C12H10N2O8S2.2Na/c15-12-5-4-9(7-11(12)14(16)17)23(18,19)13-8-2-1-3-10(6-8)24(20,21)22;;/h1-7,13,15H,(H,20,21,22);;/q;2*+1/p-2. The van der Waals surface area contributed by atoms with Crippen LogP contribution in [0.4, 0.5) is 11.4 Å². The first kappa shape index (κ1) is 25.3. The maximum atomic E-state index is 12.2. The molecule has 0 aliphatic heterocycles. The van der Waals surface area contributed by atoms with Gasteiger partial charge in [-0.1, -0.05) is 12.1 Å². The van der Waals surface area contributed by atoms with Crippen LogP contribution < -0.4 is 68.9 Å². The van der Waals surface area contributed by atoms with E-state index in [9.17, 15) is 36.6 Å². The fourth-order valence-electron chi connectivity index (χ4n) is 1.74. The molecule has 2 aromatic carbocycles. The van der Waals surface area contributed by atoms with E-state index in [0.717, 1.165) is 30.3 Å². The summed E-state index contributed by atoms with van der Waals surface area (Å²) in [5.74, 6) is -0.960. The Morgan fingerprint density at radius 3 is 2.08 bits per heavy atom. The number of sulfonamides is 1. The number of anilines is 1. The number of hydrogen-bond donors (Lipinski definition) is 1. The molecule has 0 aromatic heterocycles. The van der Waals surface area contributed by atoms with Crippen molar-refractivity contribution in [3.8, 4) is 5.75 Å². The first-order chi connectivity index (χ1) is 11.0. The van der Waals surface area contributed by atoms with Crippen LogP contribution in [0.3, 0.4) is 0 Å². The van der Waals surface area contributed by atoms with Crippen LogP contribution in [0.25, 0.3) is 0 Å². The average Bonchev–Trinajstić information content (AvgIpc) is 2.46. The summed E-state index contributed by atoms with van der Waals surface area (Å²) in [5.41, 5.74) is -1.16. The van der Waals surface area contributed by atoms with Crippen LogP contribution in [0.5, 0.6) is 5.75 Å². The van der Waals surface area contributed by atoms with Crippen molar-refractivity contribution in [1.29, 1.82) is 0 Å². The summed E-state index contributed by atoms with van der Waals surface area (Å²) >= 11 is 0. The molecule has 1 N–H and O–H groups in total. The largest absolute Gasteiger partial charge is 1.00 e. The number of nitro groups is 1. The van der Waals surface area contributed by atoms with Crippen molar-refractivity contribution >= 4 is 31.5 Å². The molecule has 0 unspecified atom stereocenters. The van der Waals surface area contributed by atoms with E-state index in [1.54, 1.807) is 0 Å². The van der Waals surface area contributed by atoms with Gasteiger partial charge in [0.25, 0.3) is 15.7 Å². The van der Waals surface area contributed by atoms with E-state index in [0.29, 0.717) is 6.07 Å². The predicted molar refractivity (Wildman–Crippen MR) is 77.8 cm³/mol. The third-order valence-electron chi connectivity index (χ3n) is 2.81. The van der Waals surface area contributed by atoms with Crippen LogP contribution in [-0.2, 0) is 20.1 Å². The fourth-order valence-corrected chi connectivity index (χ4v) is 3.32. The first-order valence-electron chi connectivity index (χ1n) is 6.05. The van der Waals surface area contributed by atoms with Crippen molar-refractivity contribution in [3.63, 3.8) is 0 Å². The van der Waals surface area contributed by atoms with Crippen LogP contribution in [0.2, 0.25) is 0 Å². The van der Waals surface area contributed by atoms with E-state index >= 15 is 0 Å². The van der Waals surface area contributed by atoms with Gasteiger partial charge >= 0.3 is 59.1 Å². The molecule has 0 atom stereocenters. The number of hydrogen-bond acceptors (Lipinski definition) is 8. The molecule has 0 bridgehead atoms. The van der Waals surface area contributed by atoms with Crippen molar-refractivity contribution in [3.05, 3.63) is 52.6 Å². The van der Waals surface area contributed by atoms with E-state index < -0.39 is 46.3 Å². The summed E-state index contributed by atoms with van der Waals surface area (Å²) in [4.78, 5) is 8.47. The van der Waals surface area contributed by atoms with Gasteiger partial charge in [0.1, 0.15) is 10.1 Å². The third-order valence-corrected chi connectivity index (χ3v) is 5.02. The summed E-state index contributed by atoms with van der Waals surface area (Å²) in [6.45, 7) is 0. The molecule has 0 heterocycles. The van der Waals surface area contributed by atoms with E-state index in [4.69, 9.17) is 0 Å². The molecule has 2 rings (SSSR count). The molecule has 14 heteroatoms. The Kier molecular flexibility index (Phi) is 9.23. The molecule has 0 saturated heterocycles. The molecule has 0 amide bonds. The van der Waals surface area contributed by atoms with Gasteiger partial charge in [-0.2, -0.15) is 0 Å². The number of nitrogens with zero attached hydrogens (tertiary/aromatic N) is 1. The minimum absolute atomic E-state index is 0. The Hall–Kier alpha value is -0.700. The van der Waals surface area contributed by atoms with Gasteiger partial charge < -0.3 is 9.66 Å². The second-order valence-electron chi connectivity index (χ2n) is 4.47. The summed E-state index contributed by atoms with van der Waals surface area (Å²) < 4.78 is 59.2. The van der Waals surface area contributed by atoms with Crippen molar-refractivity contribution < 1.29 is 90.5 Å². The first-order valence-corrected chi connectivity index (χ1v) is 8.94. The Balaban J connectivity index is 0.00000312. The van der Waals surface area contributed by atoms with Crippen molar-refractivity contribution in [2.75, 3.05) is 4.72 Å². The summed E-state index contributed by atoms with van der Waals surface area (Å²) in [6, 6.07) is 6.29. The Morgan fingerprint density at radius 1 is 0.923 bits per heavy atom. The monoisotopic (exact) mass is 418 g/mol. The van der Waals surface area contributed by atoms with Crippen molar-refractivity contribution in [1.82, 2.24) is 0 Å². The van der Waals surface area contributed by atoms with E-state index in [-0.39, 0.29) is 64.8 Å². The van der Waals surface area contributed by atoms with Crippen LogP contribution in [0.15, 0.2) is 52.3 Å². The zero-order valence-corrected chi connectivity index (χ0v) is 19.2. The van der Waals surface area contributed by atoms with Gasteiger partial charge in [0.2, 0.25) is 0 Å². The average molecular weight is 418 g/mol. The minimum atomic E-state index is -4.78. The molecule has 10 nitrogen and oxygen atoms in total. The van der Waals surface area contributed by atoms with Crippen LogP contribution in [0, 0.1) is 10.1 Å². The van der Waals surface area contributed by atoms with Crippen LogP contribution in [0.1, 0.15) is 0 Å². The summed E-state index contributed by atoms with van der Waals surface area (Å²) in [5, 5.41) is 22.0. The molecule has 0 aliphatic carbocycles. The van der Waals surface area contributed by atoms with Crippen molar-refractivity contribution in [2.24, 2.45) is 0 Å². The molecule has 0 radical (unpaired) electrons. The van der Waals surface area contributed by atoms with Gasteiger partial charge in [0.05, 0.1) is 20.4 Å². The molecular weight excluding hydrogens is 410 g/mol. The number of nitrogens with one attached hydrogen (secondary N) is 1. The van der Waals surface area contributed by atoms with E-state index in [1.807, 2.05) is 4.72 Å². The molecular formula is C12H8N2Na2O8S2. The Morgan fingerprint density at radius 2 is 1.54 bits per heavy atom. The van der Waals surface area contributed by atoms with Gasteiger partial charge in [-0.05, 0) is 30.0 Å². The number of rotatable bonds is 5. The van der Waals surface area contributed by atoms with Gasteiger partial charge in [0, 0.05) is 6.07 Å². The van der Waals surface area contributed by atoms with Gasteiger partial charge in [-0.15, -0.1) is 0 Å². The minimum Gasteiger partial charge on any atom is -0.868 e. The molecule has 0 spiro atoms. The topological polar surface area (TPSA) is 170 Å². The SMILES string of the molecule is O=[N+]([O-])c1cc(S(=O)(=O)Nc2cccc(S(=O)(=O)[O-])c2)ccc1[O-].[Na+].[Na+]. The predicted octanol–water partition coefficient (Wildman–Crippen LogP) is -5.62. The number of nitro benzene ring substituents is 1. The quantitative estimate of drug-likeness (QED) is 0.217. The van der Waals surface area contributed by atoms with E-state index in [2.05, 4.69) is 0 Å². The maximum absolute atomic E-state index is 12.2. The van der Waals surface area contributed by atoms with Crippen LogP contribution in [-0.4, -0.2) is 26.3 Å². The van der Waals surface area contributed by atoms with Gasteiger partial charge in [-0.3, -0.25) is 14.8 Å². The molecule has 128 valence electrons. The maximum Gasteiger partial charge on any atom is 1.00 e. The molecule has 2 aromatic rings. The van der Waals surface area contributed by atoms with Crippen molar-refractivity contribution in [2.45, 2.75) is 9.79 Å². The number of benzene rings is 2. The summed E-state index contributed by atoms with van der Waals surface area (Å²) in [6.07, 6.45) is 0. The second-order valence-corrected chi connectivity index (χ2v) is 7.54. The van der Waals surface area contributed by atoms with Gasteiger partial charge in [-0.25, -0.2) is 16.8 Å². The molecule has 0 fully saturated rings. The Labute approximate surface area is 193 Å². The van der Waals surface area contributed by atoms with E-state index in [1.165, 1.54) is 6.07 Å². The van der Waals surface area contributed by atoms with Gasteiger partial charge in [0.15, 0.2) is 0 Å².